The summed E-state index contributed by atoms with van der Waals surface area (Å²) in [5.41, 5.74) is 6.16. The van der Waals surface area contributed by atoms with Crippen LogP contribution in [0.2, 0.25) is 0 Å². The van der Waals surface area contributed by atoms with E-state index in [4.69, 9.17) is 20.2 Å². The van der Waals surface area contributed by atoms with Crippen LogP contribution in [0, 0.1) is 5.82 Å². The van der Waals surface area contributed by atoms with E-state index in [0.29, 0.717) is 35.9 Å². The lowest BCUT2D eigenvalue weighted by Crippen LogP contribution is -2.57. The lowest BCUT2D eigenvalue weighted by Gasteiger charge is -2.45. The first kappa shape index (κ1) is 32.8. The number of rotatable bonds is 6. The van der Waals surface area contributed by atoms with Crippen LogP contribution in [0.5, 0.6) is 0 Å². The van der Waals surface area contributed by atoms with E-state index >= 15 is 0 Å². The molecule has 2 aromatic heterocycles. The number of hydrogen-bond donors (Lipinski definition) is 2. The smallest absolute Gasteiger partial charge is 0.416 e. The van der Waals surface area contributed by atoms with Crippen LogP contribution < -0.4 is 16.0 Å². The number of nitrogen functional groups attached to an aromatic ring is 1. The summed E-state index contributed by atoms with van der Waals surface area (Å²) in [6.45, 7) is 17.1. The highest BCUT2D eigenvalue weighted by Crippen LogP contribution is 2.32. The first-order valence-corrected chi connectivity index (χ1v) is 15.1. The first-order valence-electron chi connectivity index (χ1n) is 15.1. The second-order valence-electron chi connectivity index (χ2n) is 14.0. The van der Waals surface area contributed by atoms with Crippen LogP contribution in [-0.4, -0.2) is 61.0 Å². The van der Waals surface area contributed by atoms with E-state index < -0.39 is 23.1 Å². The number of ether oxygens (including phenoxy) is 2. The van der Waals surface area contributed by atoms with Crippen molar-refractivity contribution in [2.45, 2.75) is 111 Å². The molecular formula is C32H46FN7O4. The summed E-state index contributed by atoms with van der Waals surface area (Å²) in [7, 11) is 0. The minimum atomic E-state index is -0.810. The Labute approximate surface area is 258 Å². The maximum absolute atomic E-state index is 15.0. The molecule has 0 spiro atoms. The zero-order valence-electron chi connectivity index (χ0n) is 27.3. The van der Waals surface area contributed by atoms with E-state index in [-0.39, 0.29) is 29.8 Å². The summed E-state index contributed by atoms with van der Waals surface area (Å²) >= 11 is 0. The van der Waals surface area contributed by atoms with Gasteiger partial charge in [0.2, 0.25) is 0 Å². The fourth-order valence-corrected chi connectivity index (χ4v) is 5.14. The number of aromatic nitrogens is 3. The second-order valence-corrected chi connectivity index (χ2v) is 14.0. The third-order valence-electron chi connectivity index (χ3n) is 7.40. The number of halogens is 1. The van der Waals surface area contributed by atoms with Gasteiger partial charge in [-0.05, 0) is 92.9 Å². The monoisotopic (exact) mass is 611 g/mol. The maximum Gasteiger partial charge on any atom is 0.416 e. The Bertz CT molecular complexity index is 1520. The lowest BCUT2D eigenvalue weighted by atomic mass is 9.88. The van der Waals surface area contributed by atoms with Crippen LogP contribution in [0.15, 0.2) is 30.5 Å². The summed E-state index contributed by atoms with van der Waals surface area (Å²) in [5.74, 6) is 0.324. The number of anilines is 3. The van der Waals surface area contributed by atoms with Crippen molar-refractivity contribution in [2.75, 3.05) is 22.5 Å². The van der Waals surface area contributed by atoms with Crippen LogP contribution in [0.4, 0.5) is 31.3 Å². The van der Waals surface area contributed by atoms with Gasteiger partial charge < -0.3 is 25.4 Å². The maximum atomic E-state index is 15.0. The van der Waals surface area contributed by atoms with Gasteiger partial charge in [0.1, 0.15) is 28.7 Å². The van der Waals surface area contributed by atoms with Crippen molar-refractivity contribution in [3.8, 4) is 0 Å². The minimum absolute atomic E-state index is 0.146. The topological polar surface area (TPSA) is 127 Å². The predicted octanol–water partition coefficient (Wildman–Crippen LogP) is 6.54. The van der Waals surface area contributed by atoms with E-state index in [1.54, 1.807) is 42.4 Å². The zero-order chi connectivity index (χ0) is 32.6. The largest absolute Gasteiger partial charge is 0.444 e. The molecule has 240 valence electrons. The first-order chi connectivity index (χ1) is 20.4. The van der Waals surface area contributed by atoms with Crippen LogP contribution in [0.1, 0.15) is 86.3 Å². The van der Waals surface area contributed by atoms with Gasteiger partial charge in [0.05, 0.1) is 12.7 Å². The van der Waals surface area contributed by atoms with Crippen molar-refractivity contribution in [2.24, 2.45) is 0 Å². The molecule has 44 heavy (non-hydrogen) atoms. The third kappa shape index (κ3) is 7.70. The Morgan fingerprint density at radius 3 is 2.43 bits per heavy atom. The molecule has 3 heterocycles. The molecule has 1 aliphatic rings. The van der Waals surface area contributed by atoms with Gasteiger partial charge in [0, 0.05) is 41.0 Å². The number of benzene rings is 1. The number of carbonyl (C=O) groups excluding carboxylic acids is 2. The van der Waals surface area contributed by atoms with Gasteiger partial charge in [-0.15, -0.1) is 0 Å². The van der Waals surface area contributed by atoms with Crippen molar-refractivity contribution in [1.29, 1.82) is 0 Å². The number of likely N-dealkylation sites (tertiary alicyclic amines) is 1. The molecule has 3 aromatic rings. The molecule has 0 unspecified atom stereocenters. The highest BCUT2D eigenvalue weighted by Gasteiger charge is 2.40. The van der Waals surface area contributed by atoms with Gasteiger partial charge in [-0.2, -0.15) is 9.61 Å². The number of carbonyl (C=O) groups is 2. The zero-order valence-corrected chi connectivity index (χ0v) is 27.3. The number of fused-ring (bicyclic) bond motifs is 1. The molecule has 1 aliphatic heterocycles. The molecule has 0 bridgehead atoms. The van der Waals surface area contributed by atoms with Crippen LogP contribution >= 0.6 is 0 Å². The summed E-state index contributed by atoms with van der Waals surface area (Å²) < 4.78 is 28.0. The second kappa shape index (κ2) is 12.1. The molecule has 1 aromatic carbocycles. The van der Waals surface area contributed by atoms with Crippen molar-refractivity contribution < 1.29 is 23.5 Å². The van der Waals surface area contributed by atoms with Crippen LogP contribution in [0.25, 0.3) is 5.65 Å². The van der Waals surface area contributed by atoms with Crippen molar-refractivity contribution >= 4 is 35.2 Å². The molecule has 11 nitrogen and oxygen atoms in total. The van der Waals surface area contributed by atoms with E-state index in [1.165, 1.54) is 23.1 Å². The van der Waals surface area contributed by atoms with E-state index in [1.807, 2.05) is 41.5 Å². The van der Waals surface area contributed by atoms with Gasteiger partial charge in [0.25, 0.3) is 0 Å². The predicted molar refractivity (Wildman–Crippen MR) is 169 cm³/mol. The SMILES string of the molecule is CCc1cnn2c(N(Cc3cc(N)ccc3F)C(=O)OC(C)(C)C)cc(N[C@H]3CCC(C)(C)N(C(=O)OC(C)(C)C)C3)nc12. The molecule has 1 saturated heterocycles. The summed E-state index contributed by atoms with van der Waals surface area (Å²) in [5, 5.41) is 8.03. The Kier molecular flexibility index (Phi) is 9.04. The van der Waals surface area contributed by atoms with Gasteiger partial charge in [0.15, 0.2) is 5.65 Å². The Morgan fingerprint density at radius 1 is 1.11 bits per heavy atom. The number of nitrogens with zero attached hydrogens (tertiary/aromatic N) is 5. The number of piperidine rings is 1. The van der Waals surface area contributed by atoms with Crippen molar-refractivity contribution in [1.82, 2.24) is 19.5 Å². The number of amides is 2. The molecule has 1 atom stereocenters. The molecule has 3 N–H and O–H groups in total. The normalized spacial score (nSPS) is 17.0. The van der Waals surface area contributed by atoms with Gasteiger partial charge in [-0.1, -0.05) is 6.92 Å². The highest BCUT2D eigenvalue weighted by atomic mass is 19.1. The van der Waals surface area contributed by atoms with E-state index in [9.17, 15) is 14.0 Å². The number of nitrogens with two attached hydrogens (primary N) is 1. The summed E-state index contributed by atoms with van der Waals surface area (Å²) in [4.78, 5) is 34.8. The molecule has 1 fully saturated rings. The molecular weight excluding hydrogens is 565 g/mol. The third-order valence-corrected chi connectivity index (χ3v) is 7.40. The van der Waals surface area contributed by atoms with Crippen LogP contribution in [0.3, 0.4) is 0 Å². The van der Waals surface area contributed by atoms with E-state index in [0.717, 1.165) is 18.4 Å². The Balaban J connectivity index is 1.75. The van der Waals surface area contributed by atoms with Gasteiger partial charge in [-0.3, -0.25) is 4.90 Å². The van der Waals surface area contributed by atoms with Gasteiger partial charge in [-0.25, -0.2) is 19.0 Å². The van der Waals surface area contributed by atoms with Crippen molar-refractivity contribution in [3.05, 3.63) is 47.4 Å². The summed E-state index contributed by atoms with van der Waals surface area (Å²) in [6, 6.07) is 5.80. The number of aryl methyl sites for hydroxylation is 1. The molecule has 0 saturated carbocycles. The standard InChI is InChI=1S/C32H46FN7O4/c1-10-20-17-35-40-26(38(28(41)43-30(2,3)4)18-21-15-22(34)11-12-24(21)33)16-25(37-27(20)40)36-23-13-14-32(8,9)39(19-23)29(42)44-31(5,6)7/h11-12,15-17,23H,10,13-14,18-19,34H2,1-9H3,(H,36,37)/t23-/m0/s1. The van der Waals surface area contributed by atoms with Crippen LogP contribution in [-0.2, 0) is 22.4 Å². The van der Waals surface area contributed by atoms with Gasteiger partial charge >= 0.3 is 12.2 Å². The Morgan fingerprint density at radius 2 is 1.80 bits per heavy atom. The molecule has 2 amide bonds. The van der Waals surface area contributed by atoms with Crippen molar-refractivity contribution in [3.63, 3.8) is 0 Å². The number of hydrogen-bond acceptors (Lipinski definition) is 8. The molecule has 0 aliphatic carbocycles. The molecule has 4 rings (SSSR count). The molecule has 12 heteroatoms. The number of nitrogens with one attached hydrogen (secondary N) is 1. The minimum Gasteiger partial charge on any atom is -0.444 e. The highest BCUT2D eigenvalue weighted by molar-refractivity contribution is 5.88. The fraction of sp³-hybridized carbons (Fsp3) is 0.562. The van der Waals surface area contributed by atoms with E-state index in [2.05, 4.69) is 10.4 Å². The lowest BCUT2D eigenvalue weighted by molar-refractivity contribution is -0.00828. The summed E-state index contributed by atoms with van der Waals surface area (Å²) in [6.07, 6.45) is 2.82. The quantitative estimate of drug-likeness (QED) is 0.301. The average Bonchev–Trinajstić information content (AvgIpc) is 3.30. The Hall–Kier alpha value is -4.09. The molecule has 0 radical (unpaired) electrons. The average molecular weight is 612 g/mol. The fourth-order valence-electron chi connectivity index (χ4n) is 5.14.